The number of aliphatic hydroxyl groups is 4. The van der Waals surface area contributed by atoms with Gasteiger partial charge in [-0.25, -0.2) is 4.99 Å². The van der Waals surface area contributed by atoms with E-state index in [9.17, 15) is 30.3 Å². The smallest absolute Gasteiger partial charge is 0.302 e. The van der Waals surface area contributed by atoms with Crippen LogP contribution in [0, 0.1) is 105 Å². The van der Waals surface area contributed by atoms with Crippen molar-refractivity contribution in [1.82, 2.24) is 16.0 Å². The zero-order valence-electron chi connectivity index (χ0n) is 46.9. The molecule has 4 aliphatic heterocycles. The highest BCUT2D eigenvalue weighted by molar-refractivity contribution is 8.77. The summed E-state index contributed by atoms with van der Waals surface area (Å²) in [7, 11) is 3.91. The van der Waals surface area contributed by atoms with Crippen molar-refractivity contribution < 1.29 is 39.8 Å². The van der Waals surface area contributed by atoms with E-state index in [1.807, 2.05) is 27.7 Å². The highest BCUT2D eigenvalue weighted by Gasteiger charge is 2.84. The SMILES string of the molecule is CC(=O)OC1CC(O)CCC23C#CC4CC5C#CC(CNCC6(C5)CC(CCN6)Oc5cc(c(C(O)O)cc5O)CC41)SSCC1(NC(N)=NC2C=CCC3O)C2C=CC3CCCC34CCC3C=C5CCC6CCC7C=CC(C5C761)C324. The Morgan fingerprint density at radius 2 is 1.83 bits per heavy atom. The minimum atomic E-state index is -1.93. The molecule has 0 radical (unpaired) electrons. The van der Waals surface area contributed by atoms with Crippen LogP contribution in [0.1, 0.15) is 133 Å². The number of hydrogen-bond donors (Lipinski definition) is 9. The van der Waals surface area contributed by atoms with Crippen molar-refractivity contribution in [1.29, 1.82) is 0 Å². The van der Waals surface area contributed by atoms with Crippen molar-refractivity contribution in [2.24, 2.45) is 91.6 Å². The van der Waals surface area contributed by atoms with Gasteiger partial charge in [-0.1, -0.05) is 99.8 Å². The van der Waals surface area contributed by atoms with Crippen LogP contribution in [-0.4, -0.2) is 110 Å². The lowest BCUT2D eigenvalue weighted by molar-refractivity contribution is -0.227. The molecule has 14 aliphatic rings. The predicted molar refractivity (Wildman–Crippen MR) is 314 cm³/mol. The van der Waals surface area contributed by atoms with E-state index in [4.69, 9.17) is 20.2 Å². The highest BCUT2D eigenvalue weighted by Crippen LogP contribution is 2.86. The molecule has 22 unspecified atom stereocenters. The van der Waals surface area contributed by atoms with E-state index in [1.165, 1.54) is 70.8 Å². The van der Waals surface area contributed by atoms with Crippen LogP contribution >= 0.6 is 21.6 Å². The Balaban J connectivity index is 0.947. The Bertz CT molecular complexity index is 3030. The van der Waals surface area contributed by atoms with Gasteiger partial charge in [0, 0.05) is 78.8 Å². The summed E-state index contributed by atoms with van der Waals surface area (Å²) >= 11 is 0. The minimum absolute atomic E-state index is 0.0356. The molecular formula is C66H83N5O8S2. The maximum absolute atomic E-state index is 13.3. The highest BCUT2D eigenvalue weighted by atomic mass is 33.1. The molecule has 5 saturated carbocycles. The molecule has 4 heterocycles. The summed E-state index contributed by atoms with van der Waals surface area (Å²) in [5.74, 6) is 18.1. The van der Waals surface area contributed by atoms with Crippen LogP contribution in [0.15, 0.2) is 65.2 Å². The number of aromatic hydroxyl groups is 1. The fourth-order valence-corrected chi connectivity index (χ4v) is 24.9. The van der Waals surface area contributed by atoms with E-state index in [2.05, 4.69) is 76.1 Å². The topological polar surface area (TPSA) is 211 Å². The van der Waals surface area contributed by atoms with Gasteiger partial charge in [-0.3, -0.25) is 4.79 Å². The number of aliphatic hydroxyl groups excluding tert-OH is 3. The monoisotopic (exact) mass is 1140 g/mol. The summed E-state index contributed by atoms with van der Waals surface area (Å²) < 4.78 is 13.1. The van der Waals surface area contributed by atoms with E-state index in [1.54, 1.807) is 11.6 Å². The van der Waals surface area contributed by atoms with Gasteiger partial charge in [-0.05, 0) is 167 Å². The molecule has 1 aromatic carbocycles. The lowest BCUT2D eigenvalue weighted by Crippen LogP contribution is -2.83. The fraction of sp³-hybridized carbons (Fsp3) is 0.697. The van der Waals surface area contributed by atoms with Gasteiger partial charge < -0.3 is 56.7 Å². The third-order valence-corrected chi connectivity index (χ3v) is 27.3. The number of rotatable bonds is 2. The molecule has 0 amide bonds. The molecule has 15 heteroatoms. The van der Waals surface area contributed by atoms with Crippen molar-refractivity contribution in [3.05, 3.63) is 71.4 Å². The van der Waals surface area contributed by atoms with Crippen LogP contribution in [0.4, 0.5) is 0 Å². The predicted octanol–water partition coefficient (Wildman–Crippen LogP) is 7.53. The Morgan fingerprint density at radius 1 is 0.938 bits per heavy atom. The Hall–Kier alpha value is -3.90. The van der Waals surface area contributed by atoms with Crippen molar-refractivity contribution in [2.75, 3.05) is 25.4 Å². The normalized spacial score (nSPS) is 48.5. The van der Waals surface area contributed by atoms with Gasteiger partial charge in [0.15, 0.2) is 23.7 Å². The second-order valence-electron chi connectivity index (χ2n) is 27.9. The quantitative estimate of drug-likeness (QED) is 0.0461. The van der Waals surface area contributed by atoms with E-state index in [-0.39, 0.29) is 75.8 Å². The van der Waals surface area contributed by atoms with Crippen molar-refractivity contribution in [3.63, 3.8) is 0 Å². The second kappa shape index (κ2) is 19.8. The Kier molecular flexibility index (Phi) is 13.2. The maximum atomic E-state index is 13.3. The lowest BCUT2D eigenvalue weighted by atomic mass is 9.27. The molecule has 13 nitrogen and oxygen atoms in total. The number of carbonyl (C=O) groups is 1. The van der Waals surface area contributed by atoms with Gasteiger partial charge in [0.05, 0.1) is 34.5 Å². The number of nitrogens with one attached hydrogen (secondary N) is 3. The number of phenols is 1. The van der Waals surface area contributed by atoms with Crippen LogP contribution in [0.2, 0.25) is 0 Å². The molecule has 10 aliphatic carbocycles. The molecule has 0 aromatic heterocycles. The maximum Gasteiger partial charge on any atom is 0.302 e. The molecule has 6 fully saturated rings. The number of fused-ring (bicyclic) bond motifs is 5. The number of phenolic OH excluding ortho intramolecular Hbond substituents is 1. The zero-order valence-corrected chi connectivity index (χ0v) is 48.5. The molecule has 1 aromatic rings. The van der Waals surface area contributed by atoms with E-state index < -0.39 is 64.9 Å². The number of aliphatic imine (C=N–C) groups is 1. The molecule has 12 bridgehead atoms. The Labute approximate surface area is 485 Å². The molecule has 1 saturated heterocycles. The number of hydrogen-bond acceptors (Lipinski definition) is 15. The largest absolute Gasteiger partial charge is 0.504 e. The van der Waals surface area contributed by atoms with Gasteiger partial charge >= 0.3 is 5.97 Å². The first-order valence-electron chi connectivity index (χ1n) is 31.3. The molecule has 10 N–H and O–H groups in total. The van der Waals surface area contributed by atoms with Crippen molar-refractivity contribution in [2.45, 2.75) is 176 Å². The third kappa shape index (κ3) is 7.89. The van der Waals surface area contributed by atoms with Crippen LogP contribution in [0.3, 0.4) is 0 Å². The lowest BCUT2D eigenvalue weighted by Gasteiger charge is -2.78. The fourth-order valence-electron chi connectivity index (χ4n) is 22.0. The first-order chi connectivity index (χ1) is 39.2. The molecular weight excluding hydrogens is 1050 g/mol. The average molecular weight is 1140 g/mol. The summed E-state index contributed by atoms with van der Waals surface area (Å²) in [5.41, 5.74) is 8.20. The van der Waals surface area contributed by atoms with Gasteiger partial charge in [-0.2, -0.15) is 0 Å². The van der Waals surface area contributed by atoms with E-state index in [0.29, 0.717) is 105 Å². The number of guanidine groups is 1. The molecule has 15 rings (SSSR count). The van der Waals surface area contributed by atoms with Gasteiger partial charge in [0.25, 0.3) is 0 Å². The van der Waals surface area contributed by atoms with Crippen LogP contribution in [0.5, 0.6) is 11.5 Å². The number of ether oxygens (including phenoxy) is 2. The number of nitrogens with two attached hydrogens (primary N) is 1. The zero-order chi connectivity index (χ0) is 55.3. The first kappa shape index (κ1) is 53.8. The van der Waals surface area contributed by atoms with Gasteiger partial charge in [0.1, 0.15) is 12.2 Å². The molecule has 81 heavy (non-hydrogen) atoms. The van der Waals surface area contributed by atoms with E-state index >= 15 is 0 Å². The molecule has 22 atom stereocenters. The summed E-state index contributed by atoms with van der Waals surface area (Å²) in [6, 6.07) is 2.42. The summed E-state index contributed by atoms with van der Waals surface area (Å²) in [6.07, 6.45) is 27.7. The third-order valence-electron chi connectivity index (χ3n) is 24.6. The molecule has 432 valence electrons. The number of nitrogens with zero attached hydrogens (tertiary/aromatic N) is 1. The standard InChI is InChI=1S/C66H83N5O8S2/c1-37(72)78-53-30-46(73)19-23-62-22-17-39-26-38-7-14-48(34-68-35-61(32-38)33-47(20-25-69-61)79-54-29-41(28-49(39)53)50(59(76)77)31-52(54)74)81-80-36-64(71-60(67)70-56(62)5-2-6-57(62)75)55-16-13-42-4-3-21-63(42)24-18-45-27-40-8-9-43-10-11-44-12-15-51(66(45,55)63)58(40)65(43,44)64/h2,5,12-13,15-16,27,29,31,38-39,42-49,51,53,55-59,68-69,73-77H,3-4,6,8-11,18-21,23-26,28,30,32-36H2,1H3,(H3,67,70,71). The number of allylic oxidation sites excluding steroid dienone is 5. The van der Waals surface area contributed by atoms with Crippen LogP contribution in [-0.2, 0) is 16.0 Å². The Morgan fingerprint density at radius 3 is 2.70 bits per heavy atom. The van der Waals surface area contributed by atoms with Gasteiger partial charge in [-0.15, -0.1) is 0 Å². The number of esters is 1. The summed E-state index contributed by atoms with van der Waals surface area (Å²) in [6.45, 7) is 3.40. The van der Waals surface area contributed by atoms with Crippen LogP contribution < -0.4 is 26.4 Å². The number of carbonyl (C=O) groups excluding carboxylic acids is 1. The molecule has 6 spiro atoms. The summed E-state index contributed by atoms with van der Waals surface area (Å²) in [5, 5.41) is 71.1. The number of benzene rings is 1. The summed E-state index contributed by atoms with van der Waals surface area (Å²) in [4.78, 5) is 19.0. The van der Waals surface area contributed by atoms with Crippen molar-refractivity contribution >= 4 is 33.5 Å². The van der Waals surface area contributed by atoms with E-state index in [0.717, 1.165) is 5.75 Å². The van der Waals surface area contributed by atoms with Crippen molar-refractivity contribution in [3.8, 4) is 35.2 Å². The average Bonchev–Trinajstić information content (AvgIpc) is 1.68. The first-order valence-corrected chi connectivity index (χ1v) is 33.6. The second-order valence-corrected chi connectivity index (χ2v) is 30.5. The van der Waals surface area contributed by atoms with Gasteiger partial charge in [0.2, 0.25) is 0 Å². The number of piperidine rings is 1. The van der Waals surface area contributed by atoms with Crippen LogP contribution in [0.25, 0.3) is 0 Å². The minimum Gasteiger partial charge on any atom is -0.504 e.